The Balaban J connectivity index is 2.95. The summed E-state index contributed by atoms with van der Waals surface area (Å²) in [5, 5.41) is 3.23. The van der Waals surface area contributed by atoms with Gasteiger partial charge in [-0.05, 0) is 25.4 Å². The van der Waals surface area contributed by atoms with Crippen LogP contribution in [0.15, 0.2) is 12.7 Å². The maximum atomic E-state index is 5.44. The van der Waals surface area contributed by atoms with E-state index in [9.17, 15) is 0 Å². The average molecular weight is 142 g/mol. The molecule has 0 aromatic carbocycles. The summed E-state index contributed by atoms with van der Waals surface area (Å²) in [5.41, 5.74) is 5.44. The lowest BCUT2D eigenvalue weighted by atomic mass is 10.1. The maximum absolute atomic E-state index is 5.44. The van der Waals surface area contributed by atoms with Gasteiger partial charge < -0.3 is 11.1 Å². The molecule has 0 aromatic rings. The molecule has 0 saturated carbocycles. The summed E-state index contributed by atoms with van der Waals surface area (Å²) in [6.07, 6.45) is 3.03. The van der Waals surface area contributed by atoms with Gasteiger partial charge in [-0.25, -0.2) is 0 Å². The smallest absolute Gasteiger partial charge is 0.0132 e. The largest absolute Gasteiger partial charge is 0.330 e. The SMILES string of the molecule is C=CCNCCC(C)CN. The summed E-state index contributed by atoms with van der Waals surface area (Å²) < 4.78 is 0. The van der Waals surface area contributed by atoms with Crippen molar-refractivity contribution in [1.29, 1.82) is 0 Å². The first-order chi connectivity index (χ1) is 4.81. The van der Waals surface area contributed by atoms with E-state index in [1.54, 1.807) is 0 Å². The summed E-state index contributed by atoms with van der Waals surface area (Å²) >= 11 is 0. The lowest BCUT2D eigenvalue weighted by molar-refractivity contribution is 0.520. The van der Waals surface area contributed by atoms with Crippen molar-refractivity contribution in [2.45, 2.75) is 13.3 Å². The second kappa shape index (κ2) is 6.78. The zero-order chi connectivity index (χ0) is 7.82. The topological polar surface area (TPSA) is 38.0 Å². The Hall–Kier alpha value is -0.340. The van der Waals surface area contributed by atoms with Crippen molar-refractivity contribution in [3.05, 3.63) is 12.7 Å². The van der Waals surface area contributed by atoms with Crippen molar-refractivity contribution in [2.24, 2.45) is 11.7 Å². The van der Waals surface area contributed by atoms with Gasteiger partial charge in [0.05, 0.1) is 0 Å². The molecule has 1 atom stereocenters. The third kappa shape index (κ3) is 5.79. The van der Waals surface area contributed by atoms with Crippen LogP contribution in [0.4, 0.5) is 0 Å². The van der Waals surface area contributed by atoms with Crippen molar-refractivity contribution < 1.29 is 0 Å². The first kappa shape index (κ1) is 9.66. The Kier molecular flexibility index (Phi) is 6.55. The molecule has 0 heterocycles. The number of hydrogen-bond acceptors (Lipinski definition) is 2. The summed E-state index contributed by atoms with van der Waals surface area (Å²) in [5.74, 6) is 0.636. The van der Waals surface area contributed by atoms with E-state index < -0.39 is 0 Å². The summed E-state index contributed by atoms with van der Waals surface area (Å²) in [4.78, 5) is 0. The predicted molar refractivity (Wildman–Crippen MR) is 45.9 cm³/mol. The molecule has 0 saturated heterocycles. The predicted octanol–water partition coefficient (Wildman–Crippen LogP) is 0.747. The standard InChI is InChI=1S/C8H18N2/c1-3-5-10-6-4-8(2)7-9/h3,8,10H,1,4-7,9H2,2H3. The Morgan fingerprint density at radius 1 is 1.70 bits per heavy atom. The molecule has 0 amide bonds. The minimum Gasteiger partial charge on any atom is -0.330 e. The Labute approximate surface area is 63.5 Å². The van der Waals surface area contributed by atoms with Crippen molar-refractivity contribution in [1.82, 2.24) is 5.32 Å². The highest BCUT2D eigenvalue weighted by atomic mass is 14.8. The average Bonchev–Trinajstić information content (AvgIpc) is 1.98. The minimum atomic E-state index is 0.636. The molecule has 3 N–H and O–H groups in total. The fraction of sp³-hybridized carbons (Fsp3) is 0.750. The van der Waals surface area contributed by atoms with Gasteiger partial charge in [0.25, 0.3) is 0 Å². The second-order valence-electron chi connectivity index (χ2n) is 2.62. The molecule has 1 unspecified atom stereocenters. The molecule has 10 heavy (non-hydrogen) atoms. The zero-order valence-corrected chi connectivity index (χ0v) is 6.77. The fourth-order valence-electron chi connectivity index (χ4n) is 0.670. The third-order valence-corrected chi connectivity index (χ3v) is 1.50. The van der Waals surface area contributed by atoms with Crippen LogP contribution in [0.2, 0.25) is 0 Å². The summed E-state index contributed by atoms with van der Waals surface area (Å²) in [7, 11) is 0. The molecule has 0 aliphatic rings. The monoisotopic (exact) mass is 142 g/mol. The lowest BCUT2D eigenvalue weighted by Gasteiger charge is -2.07. The fourth-order valence-corrected chi connectivity index (χ4v) is 0.670. The van der Waals surface area contributed by atoms with Gasteiger partial charge >= 0.3 is 0 Å². The highest BCUT2D eigenvalue weighted by Crippen LogP contribution is 1.95. The normalized spacial score (nSPS) is 13.0. The number of rotatable bonds is 6. The van der Waals surface area contributed by atoms with Crippen molar-refractivity contribution >= 4 is 0 Å². The number of nitrogens with one attached hydrogen (secondary N) is 1. The molecule has 0 fully saturated rings. The molecule has 2 nitrogen and oxygen atoms in total. The minimum absolute atomic E-state index is 0.636. The molecule has 2 heteroatoms. The van der Waals surface area contributed by atoms with Crippen LogP contribution >= 0.6 is 0 Å². The van der Waals surface area contributed by atoms with E-state index in [0.29, 0.717) is 5.92 Å². The van der Waals surface area contributed by atoms with Crippen molar-refractivity contribution in [3.63, 3.8) is 0 Å². The van der Waals surface area contributed by atoms with Crippen LogP contribution < -0.4 is 11.1 Å². The van der Waals surface area contributed by atoms with Crippen LogP contribution in [0.1, 0.15) is 13.3 Å². The van der Waals surface area contributed by atoms with Gasteiger partial charge in [-0.15, -0.1) is 6.58 Å². The van der Waals surface area contributed by atoms with Gasteiger partial charge in [0.1, 0.15) is 0 Å². The molecule has 0 spiro atoms. The van der Waals surface area contributed by atoms with E-state index in [1.165, 1.54) is 0 Å². The molecule has 0 bridgehead atoms. The van der Waals surface area contributed by atoms with Gasteiger partial charge in [-0.1, -0.05) is 13.0 Å². The van der Waals surface area contributed by atoms with Gasteiger partial charge in [-0.3, -0.25) is 0 Å². The Morgan fingerprint density at radius 2 is 2.40 bits per heavy atom. The molecule has 0 rings (SSSR count). The van der Waals surface area contributed by atoms with Gasteiger partial charge in [0.15, 0.2) is 0 Å². The Morgan fingerprint density at radius 3 is 2.90 bits per heavy atom. The second-order valence-corrected chi connectivity index (χ2v) is 2.62. The van der Waals surface area contributed by atoms with Gasteiger partial charge in [0, 0.05) is 6.54 Å². The first-order valence-corrected chi connectivity index (χ1v) is 3.83. The van der Waals surface area contributed by atoms with Crippen LogP contribution in [0, 0.1) is 5.92 Å². The van der Waals surface area contributed by atoms with Crippen LogP contribution in [-0.4, -0.2) is 19.6 Å². The van der Waals surface area contributed by atoms with Gasteiger partial charge in [-0.2, -0.15) is 0 Å². The quantitative estimate of drug-likeness (QED) is 0.424. The van der Waals surface area contributed by atoms with Crippen LogP contribution in [0.3, 0.4) is 0 Å². The van der Waals surface area contributed by atoms with E-state index in [0.717, 1.165) is 26.1 Å². The highest BCUT2D eigenvalue weighted by Gasteiger charge is 1.95. The van der Waals surface area contributed by atoms with Crippen LogP contribution in [-0.2, 0) is 0 Å². The molecule has 0 radical (unpaired) electrons. The molecule has 0 aliphatic carbocycles. The first-order valence-electron chi connectivity index (χ1n) is 3.83. The Bertz CT molecular complexity index is 81.3. The number of hydrogen-bond donors (Lipinski definition) is 2. The van der Waals surface area contributed by atoms with Crippen LogP contribution in [0.5, 0.6) is 0 Å². The van der Waals surface area contributed by atoms with Crippen molar-refractivity contribution in [3.8, 4) is 0 Å². The summed E-state index contributed by atoms with van der Waals surface area (Å²) in [6.45, 7) is 8.51. The van der Waals surface area contributed by atoms with E-state index in [-0.39, 0.29) is 0 Å². The number of nitrogens with two attached hydrogens (primary N) is 1. The molecule has 0 aliphatic heterocycles. The molecule has 0 aromatic heterocycles. The molecular weight excluding hydrogens is 124 g/mol. The van der Waals surface area contributed by atoms with E-state index in [2.05, 4.69) is 18.8 Å². The van der Waals surface area contributed by atoms with E-state index >= 15 is 0 Å². The third-order valence-electron chi connectivity index (χ3n) is 1.50. The molecular formula is C8H18N2. The van der Waals surface area contributed by atoms with E-state index in [4.69, 9.17) is 5.73 Å². The van der Waals surface area contributed by atoms with Gasteiger partial charge in [0.2, 0.25) is 0 Å². The van der Waals surface area contributed by atoms with Crippen LogP contribution in [0.25, 0.3) is 0 Å². The lowest BCUT2D eigenvalue weighted by Crippen LogP contribution is -2.20. The van der Waals surface area contributed by atoms with E-state index in [1.807, 2.05) is 6.08 Å². The highest BCUT2D eigenvalue weighted by molar-refractivity contribution is 4.69. The maximum Gasteiger partial charge on any atom is 0.0132 e. The van der Waals surface area contributed by atoms with Crippen molar-refractivity contribution in [2.75, 3.05) is 19.6 Å². The molecule has 60 valence electrons. The zero-order valence-electron chi connectivity index (χ0n) is 6.77. The summed E-state index contributed by atoms with van der Waals surface area (Å²) in [6, 6.07) is 0.